The number of nitrogens with zero attached hydrogens (tertiary/aromatic N) is 2. The molecule has 1 saturated heterocycles. The first-order valence-corrected chi connectivity index (χ1v) is 6.56. The number of carbonyl (C=O) groups excluding carboxylic acids is 1. The van der Waals surface area contributed by atoms with E-state index in [1.54, 1.807) is 14.0 Å². The van der Waals surface area contributed by atoms with Crippen LogP contribution in [-0.2, 0) is 4.79 Å². The maximum atomic E-state index is 11.4. The number of hydrogen-bond acceptors (Lipinski definition) is 4. The van der Waals surface area contributed by atoms with Gasteiger partial charge in [0.15, 0.2) is 0 Å². The molecular weight excluding hydrogens is 242 g/mol. The van der Waals surface area contributed by atoms with Crippen LogP contribution in [-0.4, -0.2) is 44.1 Å². The molecule has 1 heterocycles. The van der Waals surface area contributed by atoms with Gasteiger partial charge in [0.25, 0.3) is 0 Å². The molecule has 1 aromatic rings. The Balaban J connectivity index is 2.16. The van der Waals surface area contributed by atoms with Crippen molar-refractivity contribution in [2.24, 2.45) is 0 Å². The molecule has 0 aliphatic carbocycles. The topological polar surface area (TPSA) is 58.8 Å². The molecule has 1 aliphatic rings. The van der Waals surface area contributed by atoms with Gasteiger partial charge in [0.2, 0.25) is 5.91 Å². The van der Waals surface area contributed by atoms with Gasteiger partial charge in [0, 0.05) is 33.1 Å². The van der Waals surface area contributed by atoms with Crippen molar-refractivity contribution < 1.29 is 9.53 Å². The van der Waals surface area contributed by atoms with Crippen LogP contribution < -0.4 is 15.4 Å². The highest BCUT2D eigenvalue weighted by atomic mass is 16.5. The van der Waals surface area contributed by atoms with Gasteiger partial charge in [-0.2, -0.15) is 0 Å². The van der Waals surface area contributed by atoms with E-state index in [1.807, 2.05) is 23.1 Å². The molecule has 1 aromatic carbocycles. The Labute approximate surface area is 113 Å². The maximum Gasteiger partial charge on any atom is 0.219 e. The van der Waals surface area contributed by atoms with Crippen LogP contribution >= 0.6 is 0 Å². The second kappa shape index (κ2) is 5.82. The van der Waals surface area contributed by atoms with E-state index in [9.17, 15) is 4.79 Å². The summed E-state index contributed by atoms with van der Waals surface area (Å²) >= 11 is 0. The highest BCUT2D eigenvalue weighted by molar-refractivity contribution is 5.75. The van der Waals surface area contributed by atoms with E-state index in [1.165, 1.54) is 0 Å². The highest BCUT2D eigenvalue weighted by Gasteiger charge is 2.19. The van der Waals surface area contributed by atoms with Crippen LogP contribution in [0.1, 0.15) is 13.3 Å². The normalized spacial score (nSPS) is 16.1. The molecular formula is C14H21N3O2. The molecule has 0 unspecified atom stereocenters. The molecule has 104 valence electrons. The quantitative estimate of drug-likeness (QED) is 0.818. The minimum Gasteiger partial charge on any atom is -0.495 e. The molecule has 19 heavy (non-hydrogen) atoms. The van der Waals surface area contributed by atoms with E-state index < -0.39 is 0 Å². The van der Waals surface area contributed by atoms with Gasteiger partial charge in [0.05, 0.1) is 18.5 Å². The lowest BCUT2D eigenvalue weighted by Crippen LogP contribution is -2.33. The summed E-state index contributed by atoms with van der Waals surface area (Å²) in [7, 11) is 1.62. The number of rotatable bonds is 2. The Morgan fingerprint density at radius 2 is 2.05 bits per heavy atom. The van der Waals surface area contributed by atoms with Gasteiger partial charge < -0.3 is 20.3 Å². The van der Waals surface area contributed by atoms with Crippen molar-refractivity contribution >= 4 is 17.3 Å². The lowest BCUT2D eigenvalue weighted by atomic mass is 10.2. The van der Waals surface area contributed by atoms with Crippen molar-refractivity contribution in [3.8, 4) is 5.75 Å². The Hall–Kier alpha value is -1.91. The number of para-hydroxylation sites is 1. The summed E-state index contributed by atoms with van der Waals surface area (Å²) in [4.78, 5) is 15.5. The highest BCUT2D eigenvalue weighted by Crippen LogP contribution is 2.32. The predicted molar refractivity (Wildman–Crippen MR) is 76.5 cm³/mol. The lowest BCUT2D eigenvalue weighted by Gasteiger charge is -2.25. The smallest absolute Gasteiger partial charge is 0.219 e. The van der Waals surface area contributed by atoms with Crippen LogP contribution in [0.3, 0.4) is 0 Å². The molecule has 0 atom stereocenters. The number of anilines is 2. The molecule has 2 N–H and O–H groups in total. The zero-order valence-electron chi connectivity index (χ0n) is 11.6. The van der Waals surface area contributed by atoms with Crippen molar-refractivity contribution in [1.82, 2.24) is 4.90 Å². The zero-order valence-corrected chi connectivity index (χ0v) is 11.6. The first kappa shape index (κ1) is 13.5. The van der Waals surface area contributed by atoms with E-state index in [2.05, 4.69) is 4.90 Å². The van der Waals surface area contributed by atoms with Crippen LogP contribution in [0.25, 0.3) is 0 Å². The molecule has 0 spiro atoms. The standard InChI is InChI=1S/C14H21N3O2/c1-11(18)16-7-4-8-17(10-9-16)12-5-3-6-13(19-2)14(12)15/h3,5-6H,4,7-10,15H2,1-2H3. The second-order valence-electron chi connectivity index (χ2n) is 4.74. The van der Waals surface area contributed by atoms with E-state index >= 15 is 0 Å². The van der Waals surface area contributed by atoms with Crippen LogP contribution in [0.2, 0.25) is 0 Å². The molecule has 1 amide bonds. The van der Waals surface area contributed by atoms with Crippen molar-refractivity contribution in [2.45, 2.75) is 13.3 Å². The van der Waals surface area contributed by atoms with Gasteiger partial charge in [-0.1, -0.05) is 6.07 Å². The van der Waals surface area contributed by atoms with E-state index in [0.717, 1.165) is 38.3 Å². The Morgan fingerprint density at radius 1 is 1.26 bits per heavy atom. The lowest BCUT2D eigenvalue weighted by molar-refractivity contribution is -0.128. The number of amides is 1. The third kappa shape index (κ3) is 2.92. The summed E-state index contributed by atoms with van der Waals surface area (Å²) in [5.74, 6) is 0.839. The molecule has 2 rings (SSSR count). The largest absolute Gasteiger partial charge is 0.495 e. The monoisotopic (exact) mass is 263 g/mol. The molecule has 1 aliphatic heterocycles. The number of ether oxygens (including phenoxy) is 1. The van der Waals surface area contributed by atoms with Crippen molar-refractivity contribution in [1.29, 1.82) is 0 Å². The van der Waals surface area contributed by atoms with Gasteiger partial charge >= 0.3 is 0 Å². The average molecular weight is 263 g/mol. The SMILES string of the molecule is COc1cccc(N2CCCN(C(C)=O)CC2)c1N. The van der Waals surface area contributed by atoms with Gasteiger partial charge in [-0.25, -0.2) is 0 Å². The van der Waals surface area contributed by atoms with E-state index in [0.29, 0.717) is 11.4 Å². The summed E-state index contributed by atoms with van der Waals surface area (Å²) in [6.07, 6.45) is 0.955. The first-order valence-electron chi connectivity index (χ1n) is 6.56. The zero-order chi connectivity index (χ0) is 13.8. The fraction of sp³-hybridized carbons (Fsp3) is 0.500. The fourth-order valence-corrected chi connectivity index (χ4v) is 2.46. The number of methoxy groups -OCH3 is 1. The van der Waals surface area contributed by atoms with E-state index in [4.69, 9.17) is 10.5 Å². The molecule has 1 fully saturated rings. The Kier molecular flexibility index (Phi) is 4.14. The van der Waals surface area contributed by atoms with Crippen molar-refractivity contribution in [2.75, 3.05) is 43.9 Å². The minimum atomic E-state index is 0.139. The van der Waals surface area contributed by atoms with Crippen LogP contribution in [0.5, 0.6) is 5.75 Å². The van der Waals surface area contributed by atoms with Crippen LogP contribution in [0.15, 0.2) is 18.2 Å². The molecule has 0 radical (unpaired) electrons. The molecule has 0 saturated carbocycles. The summed E-state index contributed by atoms with van der Waals surface area (Å²) in [5, 5.41) is 0. The van der Waals surface area contributed by atoms with Gasteiger partial charge in [-0.3, -0.25) is 4.79 Å². The van der Waals surface area contributed by atoms with Crippen molar-refractivity contribution in [3.63, 3.8) is 0 Å². The Morgan fingerprint density at radius 3 is 2.74 bits per heavy atom. The maximum absolute atomic E-state index is 11.4. The number of nitrogens with two attached hydrogens (primary N) is 1. The third-order valence-corrected chi connectivity index (χ3v) is 3.54. The molecule has 0 bridgehead atoms. The van der Waals surface area contributed by atoms with Gasteiger partial charge in [0.1, 0.15) is 5.75 Å². The molecule has 5 heteroatoms. The summed E-state index contributed by atoms with van der Waals surface area (Å²) < 4.78 is 5.25. The summed E-state index contributed by atoms with van der Waals surface area (Å²) in [6.45, 7) is 4.88. The van der Waals surface area contributed by atoms with E-state index in [-0.39, 0.29) is 5.91 Å². The number of benzene rings is 1. The fourth-order valence-electron chi connectivity index (χ4n) is 2.46. The number of carbonyl (C=O) groups is 1. The van der Waals surface area contributed by atoms with Gasteiger partial charge in [-0.15, -0.1) is 0 Å². The molecule has 0 aromatic heterocycles. The second-order valence-corrected chi connectivity index (χ2v) is 4.74. The number of hydrogen-bond donors (Lipinski definition) is 1. The third-order valence-electron chi connectivity index (χ3n) is 3.54. The first-order chi connectivity index (χ1) is 9.13. The average Bonchev–Trinajstić information content (AvgIpc) is 2.65. The van der Waals surface area contributed by atoms with Gasteiger partial charge in [-0.05, 0) is 18.6 Å². The summed E-state index contributed by atoms with van der Waals surface area (Å²) in [5.41, 5.74) is 7.78. The van der Waals surface area contributed by atoms with Crippen LogP contribution in [0.4, 0.5) is 11.4 Å². The Bertz CT molecular complexity index is 462. The number of nitrogen functional groups attached to an aromatic ring is 1. The summed E-state index contributed by atoms with van der Waals surface area (Å²) in [6, 6.07) is 5.80. The molecule has 5 nitrogen and oxygen atoms in total. The van der Waals surface area contributed by atoms with Crippen molar-refractivity contribution in [3.05, 3.63) is 18.2 Å². The van der Waals surface area contributed by atoms with Crippen LogP contribution in [0, 0.1) is 0 Å². The minimum absolute atomic E-state index is 0.139. The predicted octanol–water partition coefficient (Wildman–Crippen LogP) is 1.34.